The number of imide groups is 1. The largest absolute Gasteiger partial charge is 0.432 e. The number of hydrogen-bond donors (Lipinski definition) is 2. The fourth-order valence-corrected chi connectivity index (χ4v) is 3.62. The van der Waals surface area contributed by atoms with E-state index < -0.39 is 45.1 Å². The number of carbonyl (C=O) groups excluding carboxylic acids is 2. The van der Waals surface area contributed by atoms with Gasteiger partial charge in [-0.05, 0) is 18.6 Å². The molecule has 0 aliphatic carbocycles. The van der Waals surface area contributed by atoms with Gasteiger partial charge in [-0.1, -0.05) is 17.7 Å². The molecular weight excluding hydrogens is 358 g/mol. The minimum atomic E-state index is -4.37. The Balaban J connectivity index is 2.31. The van der Waals surface area contributed by atoms with Crippen LogP contribution in [-0.2, 0) is 19.6 Å². The third-order valence-electron chi connectivity index (χ3n) is 2.96. The zero-order chi connectivity index (χ0) is 17.2. The minimum Gasteiger partial charge on any atom is -0.432 e. The van der Waals surface area contributed by atoms with E-state index in [1.807, 2.05) is 10.0 Å². The topological polar surface area (TPSA) is 102 Å². The summed E-state index contributed by atoms with van der Waals surface area (Å²) in [6, 6.07) is 2.23. The van der Waals surface area contributed by atoms with Gasteiger partial charge in [-0.2, -0.15) is 13.5 Å². The highest BCUT2D eigenvalue weighted by Crippen LogP contribution is 2.33. The maximum absolute atomic E-state index is 12.4. The molecule has 0 saturated carbocycles. The zero-order valence-corrected chi connectivity index (χ0v) is 13.0. The molecule has 11 heteroatoms. The van der Waals surface area contributed by atoms with Crippen molar-refractivity contribution in [3.63, 3.8) is 0 Å². The molecule has 1 heterocycles. The number of ether oxygens (including phenoxy) is 1. The number of rotatable bonds is 5. The van der Waals surface area contributed by atoms with Crippen molar-refractivity contribution >= 4 is 33.4 Å². The van der Waals surface area contributed by atoms with Gasteiger partial charge in [0.1, 0.15) is 10.9 Å². The monoisotopic (exact) mass is 368 g/mol. The first-order valence-corrected chi connectivity index (χ1v) is 8.16. The van der Waals surface area contributed by atoms with Gasteiger partial charge in [-0.3, -0.25) is 14.9 Å². The molecule has 0 unspecified atom stereocenters. The van der Waals surface area contributed by atoms with Crippen LogP contribution in [0.5, 0.6) is 5.75 Å². The van der Waals surface area contributed by atoms with E-state index in [9.17, 15) is 26.8 Å². The molecule has 23 heavy (non-hydrogen) atoms. The number of carbonyl (C=O) groups is 2. The number of hydrogen-bond acceptors (Lipinski definition) is 5. The molecule has 1 fully saturated rings. The van der Waals surface area contributed by atoms with Gasteiger partial charge >= 0.3 is 6.61 Å². The summed E-state index contributed by atoms with van der Waals surface area (Å²) in [7, 11) is -4.37. The van der Waals surface area contributed by atoms with E-state index in [2.05, 4.69) is 4.74 Å². The van der Waals surface area contributed by atoms with E-state index in [-0.39, 0.29) is 17.9 Å². The lowest BCUT2D eigenvalue weighted by Gasteiger charge is -2.22. The van der Waals surface area contributed by atoms with Crippen molar-refractivity contribution in [3.8, 4) is 5.75 Å². The molecule has 7 nitrogen and oxygen atoms in total. The average Bonchev–Trinajstić information content (AvgIpc) is 2.43. The van der Waals surface area contributed by atoms with Crippen LogP contribution < -0.4 is 14.8 Å². The zero-order valence-electron chi connectivity index (χ0n) is 11.4. The minimum absolute atomic E-state index is 0.0461. The highest BCUT2D eigenvalue weighted by atomic mass is 35.5. The molecule has 0 radical (unpaired) electrons. The van der Waals surface area contributed by atoms with Crippen molar-refractivity contribution in [2.45, 2.75) is 30.4 Å². The Labute approximate surface area is 135 Å². The van der Waals surface area contributed by atoms with E-state index in [0.29, 0.717) is 0 Å². The van der Waals surface area contributed by atoms with Gasteiger partial charge in [0.15, 0.2) is 5.75 Å². The first kappa shape index (κ1) is 17.6. The third kappa shape index (κ3) is 4.15. The Morgan fingerprint density at radius 1 is 1.35 bits per heavy atom. The van der Waals surface area contributed by atoms with Gasteiger partial charge in [0.25, 0.3) is 0 Å². The predicted molar refractivity (Wildman–Crippen MR) is 74.6 cm³/mol. The van der Waals surface area contributed by atoms with Crippen molar-refractivity contribution in [1.82, 2.24) is 10.0 Å². The number of benzene rings is 1. The second-order valence-corrected chi connectivity index (χ2v) is 6.66. The molecule has 1 aromatic rings. The van der Waals surface area contributed by atoms with Crippen LogP contribution in [0.1, 0.15) is 12.8 Å². The van der Waals surface area contributed by atoms with Crippen molar-refractivity contribution in [2.75, 3.05) is 0 Å². The van der Waals surface area contributed by atoms with Crippen LogP contribution in [0.3, 0.4) is 0 Å². The SMILES string of the molecule is O=C1CC[C@@H](NS(=O)(=O)c2cccc(Cl)c2OC(F)F)C(=O)N1. The highest BCUT2D eigenvalue weighted by Gasteiger charge is 2.32. The number of amides is 2. The lowest BCUT2D eigenvalue weighted by Crippen LogP contribution is -2.52. The van der Waals surface area contributed by atoms with Crippen molar-refractivity contribution in [3.05, 3.63) is 23.2 Å². The molecule has 2 rings (SSSR count). The summed E-state index contributed by atoms with van der Waals surface area (Å²) in [5.74, 6) is -2.05. The first-order valence-electron chi connectivity index (χ1n) is 6.30. The molecule has 1 atom stereocenters. The summed E-state index contributed by atoms with van der Waals surface area (Å²) in [4.78, 5) is 22.0. The average molecular weight is 369 g/mol. The maximum Gasteiger partial charge on any atom is 0.387 e. The Morgan fingerprint density at radius 2 is 2.04 bits per heavy atom. The number of para-hydroxylation sites is 1. The maximum atomic E-state index is 12.4. The normalized spacial score (nSPS) is 18.9. The van der Waals surface area contributed by atoms with Gasteiger partial charge in [0, 0.05) is 6.42 Å². The van der Waals surface area contributed by atoms with Crippen LogP contribution in [0.25, 0.3) is 0 Å². The number of nitrogens with one attached hydrogen (secondary N) is 2. The van der Waals surface area contributed by atoms with Crippen LogP contribution in [0.2, 0.25) is 5.02 Å². The molecular formula is C12H11ClF2N2O5S. The van der Waals surface area contributed by atoms with Crippen LogP contribution in [0.4, 0.5) is 8.78 Å². The smallest absolute Gasteiger partial charge is 0.387 e. The van der Waals surface area contributed by atoms with Gasteiger partial charge in [0.05, 0.1) is 5.02 Å². The summed E-state index contributed by atoms with van der Waals surface area (Å²) in [5, 5.41) is 1.66. The highest BCUT2D eigenvalue weighted by molar-refractivity contribution is 7.89. The van der Waals surface area contributed by atoms with Gasteiger partial charge < -0.3 is 4.74 Å². The molecule has 1 aliphatic rings. The Bertz CT molecular complexity index is 741. The standard InChI is InChI=1S/C12H11ClF2N2O5S/c13-6-2-1-3-8(10(6)22-12(14)15)23(20,21)17-7-4-5-9(18)16-11(7)19/h1-3,7,12,17H,4-5H2,(H,16,18,19)/t7-/m1/s1. The fraction of sp³-hybridized carbons (Fsp3) is 0.333. The summed E-state index contributed by atoms with van der Waals surface area (Å²) in [5.41, 5.74) is 0. The van der Waals surface area contributed by atoms with Crippen LogP contribution in [-0.4, -0.2) is 32.9 Å². The third-order valence-corrected chi connectivity index (χ3v) is 4.76. The second kappa shape index (κ2) is 6.77. The number of piperidine rings is 1. The van der Waals surface area contributed by atoms with Crippen LogP contribution in [0, 0.1) is 0 Å². The lowest BCUT2D eigenvalue weighted by atomic mass is 10.1. The van der Waals surface area contributed by atoms with E-state index in [1.165, 1.54) is 12.1 Å². The molecule has 126 valence electrons. The van der Waals surface area contributed by atoms with E-state index in [0.717, 1.165) is 6.07 Å². The van der Waals surface area contributed by atoms with E-state index in [4.69, 9.17) is 11.6 Å². The van der Waals surface area contributed by atoms with Crippen molar-refractivity contribution < 1.29 is 31.5 Å². The Hall–Kier alpha value is -1.78. The molecule has 1 aliphatic heterocycles. The number of sulfonamides is 1. The van der Waals surface area contributed by atoms with Crippen molar-refractivity contribution in [1.29, 1.82) is 0 Å². The Kier molecular flexibility index (Phi) is 5.17. The molecule has 0 spiro atoms. The summed E-state index contributed by atoms with van der Waals surface area (Å²) in [6.45, 7) is -3.28. The van der Waals surface area contributed by atoms with E-state index >= 15 is 0 Å². The predicted octanol–water partition coefficient (Wildman–Crippen LogP) is 1.02. The lowest BCUT2D eigenvalue weighted by molar-refractivity contribution is -0.134. The van der Waals surface area contributed by atoms with E-state index in [1.54, 1.807) is 0 Å². The second-order valence-electron chi connectivity index (χ2n) is 4.57. The molecule has 2 N–H and O–H groups in total. The van der Waals surface area contributed by atoms with Gasteiger partial charge in [-0.15, -0.1) is 0 Å². The van der Waals surface area contributed by atoms with Gasteiger partial charge in [-0.25, -0.2) is 8.42 Å². The molecule has 0 bridgehead atoms. The first-order chi connectivity index (χ1) is 10.7. The Morgan fingerprint density at radius 3 is 2.65 bits per heavy atom. The molecule has 2 amide bonds. The van der Waals surface area contributed by atoms with Gasteiger partial charge in [0.2, 0.25) is 21.8 Å². The quantitative estimate of drug-likeness (QED) is 0.756. The summed E-state index contributed by atoms with van der Waals surface area (Å²) >= 11 is 5.70. The van der Waals surface area contributed by atoms with Crippen LogP contribution >= 0.6 is 11.6 Å². The fourth-order valence-electron chi connectivity index (χ4n) is 1.96. The van der Waals surface area contributed by atoms with Crippen LogP contribution in [0.15, 0.2) is 23.1 Å². The number of halogens is 3. The summed E-state index contributed by atoms with van der Waals surface area (Å²) in [6.07, 6.45) is -0.0929. The molecule has 1 aromatic carbocycles. The number of alkyl halides is 2. The summed E-state index contributed by atoms with van der Waals surface area (Å²) < 4.78 is 55.7. The molecule has 0 aromatic heterocycles. The van der Waals surface area contributed by atoms with Crippen molar-refractivity contribution in [2.24, 2.45) is 0 Å². The molecule has 1 saturated heterocycles.